The molecule has 0 fully saturated rings. The molecule has 53 heavy (non-hydrogen) atoms. The average molecular weight is 701 g/mol. The highest BCUT2D eigenvalue weighted by atomic mass is 32.2. The summed E-state index contributed by atoms with van der Waals surface area (Å²) in [5, 5.41) is 1.71. The summed E-state index contributed by atoms with van der Waals surface area (Å²) in [5.74, 6) is 1.54. The quantitative estimate of drug-likeness (QED) is 0.183. The number of aromatic nitrogens is 4. The summed E-state index contributed by atoms with van der Waals surface area (Å²) >= 11 is 0. The summed E-state index contributed by atoms with van der Waals surface area (Å²) in [4.78, 5) is 15.9. The highest BCUT2D eigenvalue weighted by molar-refractivity contribution is 7.91. The van der Waals surface area contributed by atoms with E-state index in [2.05, 4.69) is 59.2 Å². The summed E-state index contributed by atoms with van der Waals surface area (Å²) in [6.07, 6.45) is 0. The molecule has 0 radical (unpaired) electrons. The van der Waals surface area contributed by atoms with Gasteiger partial charge in [-0.25, -0.2) is 13.4 Å². The fourth-order valence-corrected chi connectivity index (χ4v) is 10.5. The maximum absolute atomic E-state index is 14.9. The second kappa shape index (κ2) is 10.9. The van der Waals surface area contributed by atoms with Crippen molar-refractivity contribution in [3.8, 4) is 39.9 Å². The van der Waals surface area contributed by atoms with E-state index in [9.17, 15) is 8.42 Å². The Hall–Kier alpha value is -6.70. The van der Waals surface area contributed by atoms with Crippen molar-refractivity contribution >= 4 is 31.6 Å². The summed E-state index contributed by atoms with van der Waals surface area (Å²) in [6.45, 7) is 0. The zero-order valence-corrected chi connectivity index (χ0v) is 29.0. The Bertz CT molecular complexity index is 2980. The molecular weight excluding hydrogens is 673 g/mol. The Kier molecular flexibility index (Phi) is 6.17. The molecule has 3 heterocycles. The van der Waals surface area contributed by atoms with Crippen LogP contribution in [-0.2, 0) is 15.3 Å². The third-order valence-corrected chi connectivity index (χ3v) is 12.7. The van der Waals surface area contributed by atoms with Crippen molar-refractivity contribution < 1.29 is 8.42 Å². The first-order valence-electron chi connectivity index (χ1n) is 17.5. The first-order chi connectivity index (χ1) is 26.0. The van der Waals surface area contributed by atoms with Crippen LogP contribution in [0.25, 0.3) is 61.7 Å². The van der Waals surface area contributed by atoms with Gasteiger partial charge in [-0.1, -0.05) is 146 Å². The third-order valence-electron chi connectivity index (χ3n) is 10.9. The number of rotatable bonds is 3. The van der Waals surface area contributed by atoms with Crippen LogP contribution in [0.3, 0.4) is 0 Å². The van der Waals surface area contributed by atoms with Crippen LogP contribution in [0.15, 0.2) is 180 Å². The SMILES string of the molecule is O=S1(=O)c2ccccc2C2(c3ccccc3-c3ccccc32)c2cc3c(cc21)c1ccccc1n3-c1nc(-c2ccccc2)nc(-c2ccccc2)n1. The monoisotopic (exact) mass is 700 g/mol. The molecule has 1 aliphatic heterocycles. The lowest BCUT2D eigenvalue weighted by molar-refractivity contribution is 0.581. The lowest BCUT2D eigenvalue weighted by Gasteiger charge is -2.39. The molecule has 11 rings (SSSR count). The van der Waals surface area contributed by atoms with Crippen LogP contribution in [0.2, 0.25) is 0 Å². The van der Waals surface area contributed by atoms with Gasteiger partial charge in [0.1, 0.15) is 0 Å². The summed E-state index contributed by atoms with van der Waals surface area (Å²) < 4.78 is 31.8. The summed E-state index contributed by atoms with van der Waals surface area (Å²) in [7, 11) is -3.92. The molecule has 7 aromatic carbocycles. The molecule has 1 spiro atoms. The molecule has 0 saturated carbocycles. The molecule has 2 aliphatic rings. The first kappa shape index (κ1) is 30.0. The second-order valence-electron chi connectivity index (χ2n) is 13.6. The van der Waals surface area contributed by atoms with E-state index in [1.54, 1.807) is 6.07 Å². The van der Waals surface area contributed by atoms with Crippen LogP contribution >= 0.6 is 0 Å². The highest BCUT2D eigenvalue weighted by Gasteiger charge is 2.53. The molecule has 0 bridgehead atoms. The fourth-order valence-electron chi connectivity index (χ4n) is 8.71. The van der Waals surface area contributed by atoms with Crippen molar-refractivity contribution in [2.45, 2.75) is 15.2 Å². The molecule has 9 aromatic rings. The van der Waals surface area contributed by atoms with Crippen molar-refractivity contribution in [2.24, 2.45) is 0 Å². The number of hydrogen-bond acceptors (Lipinski definition) is 5. The minimum Gasteiger partial charge on any atom is -0.278 e. The van der Waals surface area contributed by atoms with Gasteiger partial charge in [0.25, 0.3) is 0 Å². The lowest BCUT2D eigenvalue weighted by atomic mass is 9.67. The van der Waals surface area contributed by atoms with E-state index >= 15 is 0 Å². The number of hydrogen-bond donors (Lipinski definition) is 0. The van der Waals surface area contributed by atoms with Gasteiger partial charge < -0.3 is 0 Å². The number of benzene rings is 7. The maximum atomic E-state index is 14.9. The average Bonchev–Trinajstić information content (AvgIpc) is 3.71. The minimum atomic E-state index is -3.92. The summed E-state index contributed by atoms with van der Waals surface area (Å²) in [6, 6.07) is 56.2. The van der Waals surface area contributed by atoms with Crippen molar-refractivity contribution in [2.75, 3.05) is 0 Å². The van der Waals surface area contributed by atoms with Gasteiger partial charge >= 0.3 is 0 Å². The lowest BCUT2D eigenvalue weighted by Crippen LogP contribution is -2.36. The van der Waals surface area contributed by atoms with Crippen molar-refractivity contribution in [1.29, 1.82) is 0 Å². The fraction of sp³-hybridized carbons (Fsp3) is 0.0217. The standard InChI is InChI=1S/C46H28N4O2S/c51-53(52)41-26-14-12-24-37(41)46(35-22-10-7-19-31(35)32-20-8-11-23-36(32)46)38-28-40-34(27-42(38)53)33-21-9-13-25-39(33)50(40)45-48-43(29-15-3-1-4-16-29)47-44(49-45)30-17-5-2-6-18-30/h1-28H. The molecule has 250 valence electrons. The van der Waals surface area contributed by atoms with E-state index in [0.717, 1.165) is 60.8 Å². The maximum Gasteiger partial charge on any atom is 0.238 e. The molecule has 6 nitrogen and oxygen atoms in total. The van der Waals surface area contributed by atoms with E-state index < -0.39 is 15.3 Å². The normalized spacial score (nSPS) is 14.5. The molecule has 1 aliphatic carbocycles. The van der Waals surface area contributed by atoms with E-state index in [-0.39, 0.29) is 0 Å². The van der Waals surface area contributed by atoms with Crippen LogP contribution in [0.1, 0.15) is 22.3 Å². The van der Waals surface area contributed by atoms with Crippen molar-refractivity contribution in [1.82, 2.24) is 19.5 Å². The number of para-hydroxylation sites is 1. The molecular formula is C46H28N4O2S. The predicted octanol–water partition coefficient (Wildman–Crippen LogP) is 9.81. The minimum absolute atomic E-state index is 0.309. The number of nitrogens with zero attached hydrogens (tertiary/aromatic N) is 4. The third kappa shape index (κ3) is 4.02. The van der Waals surface area contributed by atoms with Crippen LogP contribution in [-0.4, -0.2) is 27.9 Å². The van der Waals surface area contributed by atoms with Crippen molar-refractivity contribution in [3.63, 3.8) is 0 Å². The molecule has 0 atom stereocenters. The van der Waals surface area contributed by atoms with Gasteiger partial charge in [-0.15, -0.1) is 0 Å². The van der Waals surface area contributed by atoms with Crippen LogP contribution in [0.4, 0.5) is 0 Å². The van der Waals surface area contributed by atoms with Gasteiger partial charge in [-0.05, 0) is 57.6 Å². The first-order valence-corrected chi connectivity index (χ1v) is 19.0. The smallest absolute Gasteiger partial charge is 0.238 e. The highest BCUT2D eigenvalue weighted by Crippen LogP contribution is 2.61. The van der Waals surface area contributed by atoms with Gasteiger partial charge in [0, 0.05) is 21.9 Å². The van der Waals surface area contributed by atoms with Gasteiger partial charge in [-0.2, -0.15) is 9.97 Å². The van der Waals surface area contributed by atoms with Crippen LogP contribution in [0.5, 0.6) is 0 Å². The van der Waals surface area contributed by atoms with E-state index in [0.29, 0.717) is 33.0 Å². The Morgan fingerprint density at radius 3 is 1.60 bits per heavy atom. The van der Waals surface area contributed by atoms with E-state index in [4.69, 9.17) is 15.0 Å². The Balaban J connectivity index is 1.30. The molecule has 0 saturated heterocycles. The van der Waals surface area contributed by atoms with Crippen LogP contribution in [0, 0.1) is 0 Å². The largest absolute Gasteiger partial charge is 0.278 e. The number of fused-ring (bicyclic) bond motifs is 12. The van der Waals surface area contributed by atoms with Crippen LogP contribution < -0.4 is 0 Å². The Morgan fingerprint density at radius 1 is 0.434 bits per heavy atom. The predicted molar refractivity (Wildman–Crippen MR) is 208 cm³/mol. The topological polar surface area (TPSA) is 77.7 Å². The van der Waals surface area contributed by atoms with Gasteiger partial charge in [0.05, 0.1) is 26.2 Å². The molecule has 0 amide bonds. The van der Waals surface area contributed by atoms with Crippen molar-refractivity contribution in [3.05, 3.63) is 192 Å². The number of sulfone groups is 1. The zero-order chi connectivity index (χ0) is 35.3. The molecule has 2 aromatic heterocycles. The molecule has 7 heteroatoms. The second-order valence-corrected chi connectivity index (χ2v) is 15.5. The zero-order valence-electron chi connectivity index (χ0n) is 28.2. The Labute approximate surface area is 305 Å². The Morgan fingerprint density at radius 2 is 0.962 bits per heavy atom. The summed E-state index contributed by atoms with van der Waals surface area (Å²) in [5.41, 5.74) is 8.31. The van der Waals surface area contributed by atoms with Gasteiger partial charge in [0.15, 0.2) is 11.6 Å². The molecule has 0 N–H and O–H groups in total. The van der Waals surface area contributed by atoms with E-state index in [1.807, 2.05) is 109 Å². The van der Waals surface area contributed by atoms with Gasteiger partial charge in [-0.3, -0.25) is 4.57 Å². The van der Waals surface area contributed by atoms with Gasteiger partial charge in [0.2, 0.25) is 15.8 Å². The molecule has 0 unspecified atom stereocenters. The van der Waals surface area contributed by atoms with E-state index in [1.165, 1.54) is 0 Å².